The van der Waals surface area contributed by atoms with Gasteiger partial charge in [0.1, 0.15) is 11.5 Å². The first kappa shape index (κ1) is 18.0. The molecule has 2 fully saturated rings. The zero-order chi connectivity index (χ0) is 18.3. The molecule has 0 bridgehead atoms. The highest BCUT2D eigenvalue weighted by atomic mass is 35.5. The third-order valence-corrected chi connectivity index (χ3v) is 7.46. The van der Waals surface area contributed by atoms with Crippen molar-refractivity contribution in [1.29, 1.82) is 0 Å². The Morgan fingerprint density at radius 3 is 2.31 bits per heavy atom. The molecule has 5 nitrogen and oxygen atoms in total. The summed E-state index contributed by atoms with van der Waals surface area (Å²) in [5, 5.41) is 0.735. The average molecular weight is 395 g/mol. The van der Waals surface area contributed by atoms with E-state index in [2.05, 4.69) is 9.80 Å². The van der Waals surface area contributed by atoms with Gasteiger partial charge in [-0.3, -0.25) is 9.80 Å². The predicted molar refractivity (Wildman–Crippen MR) is 102 cm³/mol. The number of hydrogen-bond acceptors (Lipinski definition) is 5. The van der Waals surface area contributed by atoms with Crippen molar-refractivity contribution in [2.24, 2.45) is 0 Å². The molecule has 4 rings (SSSR count). The van der Waals surface area contributed by atoms with E-state index in [0.717, 1.165) is 35.2 Å². The summed E-state index contributed by atoms with van der Waals surface area (Å²) in [6, 6.07) is 11.7. The summed E-state index contributed by atoms with van der Waals surface area (Å²) in [7, 11) is -3.03. The molecule has 0 amide bonds. The maximum Gasteiger partial charge on any atom is 0.153 e. The van der Waals surface area contributed by atoms with Crippen molar-refractivity contribution in [1.82, 2.24) is 9.80 Å². The third-order valence-electron chi connectivity index (χ3n) is 5.39. The lowest BCUT2D eigenvalue weighted by Crippen LogP contribution is -2.58. The number of piperazine rings is 1. The standard InChI is InChI=1S/C19H23ClN2O3S/c1-14-6-7-16(25-14)11-22-9-8-21(10-15-4-2-3-5-17(15)20)18-12-26(23,24)13-19(18)22/h2-7,18-19H,8-13H2,1H3/t18-,19+/m1/s1. The molecule has 0 radical (unpaired) electrons. The van der Waals surface area contributed by atoms with Crippen LogP contribution in [0.3, 0.4) is 0 Å². The van der Waals surface area contributed by atoms with Gasteiger partial charge >= 0.3 is 0 Å². The van der Waals surface area contributed by atoms with Crippen LogP contribution < -0.4 is 0 Å². The Morgan fingerprint density at radius 2 is 1.69 bits per heavy atom. The minimum atomic E-state index is -3.03. The Bertz CT molecular complexity index is 896. The van der Waals surface area contributed by atoms with Gasteiger partial charge in [0.2, 0.25) is 0 Å². The lowest BCUT2D eigenvalue weighted by atomic mass is 10.0. The average Bonchev–Trinajstić information content (AvgIpc) is 3.14. The van der Waals surface area contributed by atoms with Gasteiger partial charge in [0.05, 0.1) is 18.1 Å². The Hall–Kier alpha value is -1.34. The van der Waals surface area contributed by atoms with Crippen molar-refractivity contribution in [2.45, 2.75) is 32.1 Å². The van der Waals surface area contributed by atoms with Crippen LogP contribution in [0.15, 0.2) is 40.8 Å². The molecule has 0 N–H and O–H groups in total. The maximum absolute atomic E-state index is 12.4. The van der Waals surface area contributed by atoms with Crippen LogP contribution in [-0.4, -0.2) is 54.9 Å². The molecule has 1 aromatic heterocycles. The third kappa shape index (κ3) is 3.69. The fourth-order valence-corrected chi connectivity index (χ4v) is 6.34. The number of sulfone groups is 1. The van der Waals surface area contributed by atoms with Crippen LogP contribution in [-0.2, 0) is 22.9 Å². The lowest BCUT2D eigenvalue weighted by Gasteiger charge is -2.43. The van der Waals surface area contributed by atoms with Crippen molar-refractivity contribution >= 4 is 21.4 Å². The van der Waals surface area contributed by atoms with Crippen LogP contribution in [0.4, 0.5) is 0 Å². The topological polar surface area (TPSA) is 53.8 Å². The minimum absolute atomic E-state index is 0.00100. The molecular weight excluding hydrogens is 372 g/mol. The molecule has 0 aliphatic carbocycles. The van der Waals surface area contributed by atoms with E-state index in [-0.39, 0.29) is 23.6 Å². The van der Waals surface area contributed by atoms with Gasteiger partial charge in [-0.05, 0) is 30.7 Å². The monoisotopic (exact) mass is 394 g/mol. The van der Waals surface area contributed by atoms with Crippen molar-refractivity contribution in [2.75, 3.05) is 24.6 Å². The van der Waals surface area contributed by atoms with Gasteiger partial charge in [-0.15, -0.1) is 0 Å². The van der Waals surface area contributed by atoms with Gasteiger partial charge in [0, 0.05) is 36.7 Å². The maximum atomic E-state index is 12.4. The molecule has 0 unspecified atom stereocenters. The summed E-state index contributed by atoms with van der Waals surface area (Å²) in [6.07, 6.45) is 0. The van der Waals surface area contributed by atoms with E-state index >= 15 is 0 Å². The highest BCUT2D eigenvalue weighted by Crippen LogP contribution is 2.30. The van der Waals surface area contributed by atoms with E-state index < -0.39 is 9.84 Å². The van der Waals surface area contributed by atoms with Crippen molar-refractivity contribution in [3.05, 3.63) is 58.5 Å². The number of nitrogens with zero attached hydrogens (tertiary/aromatic N) is 2. The van der Waals surface area contributed by atoms with Crippen LogP contribution in [0.5, 0.6) is 0 Å². The predicted octanol–water partition coefficient (Wildman–Crippen LogP) is 2.72. The first-order valence-corrected chi connectivity index (χ1v) is 11.1. The van der Waals surface area contributed by atoms with Crippen molar-refractivity contribution in [3.63, 3.8) is 0 Å². The molecule has 0 spiro atoms. The van der Waals surface area contributed by atoms with Crippen molar-refractivity contribution in [3.8, 4) is 0 Å². The summed E-state index contributed by atoms with van der Waals surface area (Å²) in [6.45, 7) is 4.91. The molecule has 2 aliphatic rings. The van der Waals surface area contributed by atoms with E-state index in [1.165, 1.54) is 0 Å². The fourth-order valence-electron chi connectivity index (χ4n) is 4.10. The quantitative estimate of drug-likeness (QED) is 0.798. The summed E-state index contributed by atoms with van der Waals surface area (Å²) in [4.78, 5) is 4.54. The van der Waals surface area contributed by atoms with Crippen molar-refractivity contribution < 1.29 is 12.8 Å². The molecule has 7 heteroatoms. The van der Waals surface area contributed by atoms with Crippen LogP contribution in [0.1, 0.15) is 17.1 Å². The van der Waals surface area contributed by atoms with E-state index in [9.17, 15) is 8.42 Å². The first-order valence-electron chi connectivity index (χ1n) is 8.88. The smallest absolute Gasteiger partial charge is 0.153 e. The van der Waals surface area contributed by atoms with Gasteiger partial charge in [0.15, 0.2) is 9.84 Å². The first-order chi connectivity index (χ1) is 12.4. The molecule has 2 saturated heterocycles. The number of benzene rings is 1. The molecule has 26 heavy (non-hydrogen) atoms. The second-order valence-electron chi connectivity index (χ2n) is 7.26. The van der Waals surface area contributed by atoms with Gasteiger partial charge < -0.3 is 4.42 Å². The minimum Gasteiger partial charge on any atom is -0.465 e. The van der Waals surface area contributed by atoms with Gasteiger partial charge in [0.25, 0.3) is 0 Å². The Balaban J connectivity index is 1.54. The molecular formula is C19H23ClN2O3S. The Kier molecular flexibility index (Phi) is 4.86. The summed E-state index contributed by atoms with van der Waals surface area (Å²) < 4.78 is 30.4. The van der Waals surface area contributed by atoms with Crippen LogP contribution in [0.25, 0.3) is 0 Å². The van der Waals surface area contributed by atoms with Crippen LogP contribution >= 0.6 is 11.6 Å². The second-order valence-corrected chi connectivity index (χ2v) is 9.82. The molecule has 2 atom stereocenters. The van der Waals surface area contributed by atoms with E-state index in [4.69, 9.17) is 16.0 Å². The molecule has 1 aromatic carbocycles. The zero-order valence-electron chi connectivity index (χ0n) is 14.8. The molecule has 2 aliphatic heterocycles. The Morgan fingerprint density at radius 1 is 1.04 bits per heavy atom. The molecule has 3 heterocycles. The van der Waals surface area contributed by atoms with Gasteiger partial charge in [-0.25, -0.2) is 8.42 Å². The molecule has 140 valence electrons. The van der Waals surface area contributed by atoms with E-state index in [1.807, 2.05) is 43.3 Å². The highest BCUT2D eigenvalue weighted by molar-refractivity contribution is 7.91. The number of hydrogen-bond donors (Lipinski definition) is 0. The largest absolute Gasteiger partial charge is 0.465 e. The van der Waals surface area contributed by atoms with Gasteiger partial charge in [-0.2, -0.15) is 0 Å². The number of furan rings is 1. The molecule has 0 saturated carbocycles. The Labute approximate surface area is 159 Å². The van der Waals surface area contributed by atoms with Crippen LogP contribution in [0.2, 0.25) is 5.02 Å². The second kappa shape index (κ2) is 7.00. The zero-order valence-corrected chi connectivity index (χ0v) is 16.3. The SMILES string of the molecule is Cc1ccc(CN2CCN(Cc3ccccc3Cl)[C@@H]3CS(=O)(=O)C[C@@H]32)o1. The fraction of sp³-hybridized carbons (Fsp3) is 0.474. The number of rotatable bonds is 4. The number of aryl methyl sites for hydroxylation is 1. The lowest BCUT2D eigenvalue weighted by molar-refractivity contribution is 0.0316. The van der Waals surface area contributed by atoms with E-state index in [0.29, 0.717) is 13.1 Å². The number of halogens is 1. The number of fused-ring (bicyclic) bond motifs is 1. The van der Waals surface area contributed by atoms with Gasteiger partial charge in [-0.1, -0.05) is 29.8 Å². The summed E-state index contributed by atoms with van der Waals surface area (Å²) in [5.41, 5.74) is 1.05. The van der Waals surface area contributed by atoms with E-state index in [1.54, 1.807) is 0 Å². The summed E-state index contributed by atoms with van der Waals surface area (Å²) in [5.74, 6) is 2.21. The summed E-state index contributed by atoms with van der Waals surface area (Å²) >= 11 is 6.31. The highest BCUT2D eigenvalue weighted by Gasteiger charge is 2.46. The molecule has 2 aromatic rings. The normalized spacial score (nSPS) is 26.1. The van der Waals surface area contributed by atoms with Crippen LogP contribution in [0, 0.1) is 6.92 Å².